The summed E-state index contributed by atoms with van der Waals surface area (Å²) in [6.07, 6.45) is 10.4. The molecule has 0 unspecified atom stereocenters. The molecular formula is C26H37N3O3S. The summed E-state index contributed by atoms with van der Waals surface area (Å²) in [5, 5.41) is 1.10. The smallest absolute Gasteiger partial charge is 0.331 e. The molecule has 3 rings (SSSR count). The standard InChI is InChI=1S/C26H37N3O3S/c1-5-7-9-10-16-27-21-12-11-20(3)19-23(21)33-24(27)14-13-22-25(30)29(17-18-32-4)26(31)28(22)15-8-6-2/h11-14,19H,5-10,15-18H2,1-4H3. The molecule has 0 spiro atoms. The van der Waals surface area contributed by atoms with Gasteiger partial charge in [-0.3, -0.25) is 14.6 Å². The van der Waals surface area contributed by atoms with Crippen LogP contribution in [0.3, 0.4) is 0 Å². The average molecular weight is 472 g/mol. The Labute approximate surface area is 202 Å². The molecule has 7 heteroatoms. The number of benzene rings is 1. The molecule has 1 fully saturated rings. The molecular weight excluding hydrogens is 434 g/mol. The number of aryl methyl sites for hydroxylation is 1. The minimum atomic E-state index is -0.246. The number of rotatable bonds is 12. The highest BCUT2D eigenvalue weighted by Crippen LogP contribution is 2.46. The molecule has 0 bridgehead atoms. The third kappa shape index (κ3) is 6.01. The Balaban J connectivity index is 1.88. The van der Waals surface area contributed by atoms with Gasteiger partial charge in [-0.05, 0) is 49.6 Å². The number of unbranched alkanes of at least 4 members (excludes halogenated alkanes) is 4. The fourth-order valence-corrected chi connectivity index (χ4v) is 5.27. The van der Waals surface area contributed by atoms with Crippen molar-refractivity contribution in [1.29, 1.82) is 0 Å². The Bertz CT molecular complexity index is 912. The number of nitrogens with zero attached hydrogens (tertiary/aromatic N) is 3. The van der Waals surface area contributed by atoms with Crippen molar-refractivity contribution < 1.29 is 14.3 Å². The Morgan fingerprint density at radius 3 is 2.39 bits per heavy atom. The van der Waals surface area contributed by atoms with Gasteiger partial charge in [0.05, 0.1) is 23.9 Å². The third-order valence-corrected chi connectivity index (χ3v) is 7.09. The maximum atomic E-state index is 13.1. The molecule has 180 valence electrons. The van der Waals surface area contributed by atoms with Gasteiger partial charge in [0.25, 0.3) is 5.91 Å². The number of hydrogen-bond acceptors (Lipinski definition) is 5. The van der Waals surface area contributed by atoms with Gasteiger partial charge in [-0.2, -0.15) is 0 Å². The number of hydrogen-bond donors (Lipinski definition) is 0. The van der Waals surface area contributed by atoms with Crippen molar-refractivity contribution >= 4 is 29.4 Å². The summed E-state index contributed by atoms with van der Waals surface area (Å²) in [5.74, 6) is -0.240. The maximum absolute atomic E-state index is 13.1. The summed E-state index contributed by atoms with van der Waals surface area (Å²) in [5.41, 5.74) is 2.92. The lowest BCUT2D eigenvalue weighted by atomic mass is 10.1. The number of allylic oxidation sites excluding steroid dienone is 2. The summed E-state index contributed by atoms with van der Waals surface area (Å²) in [4.78, 5) is 32.5. The SMILES string of the molecule is CCCCCCN1C(=CC=C2C(=O)N(CCOC)C(=O)N2CCCC)Sc2cc(C)ccc21. The quantitative estimate of drug-likeness (QED) is 0.215. The molecule has 6 nitrogen and oxygen atoms in total. The zero-order valence-corrected chi connectivity index (χ0v) is 21.2. The van der Waals surface area contributed by atoms with Crippen LogP contribution in [0.25, 0.3) is 0 Å². The minimum absolute atomic E-state index is 0.240. The number of amides is 3. The number of carbonyl (C=O) groups is 2. The summed E-state index contributed by atoms with van der Waals surface area (Å²) < 4.78 is 5.10. The first kappa shape index (κ1) is 25.4. The van der Waals surface area contributed by atoms with Gasteiger partial charge in [0, 0.05) is 25.1 Å². The Morgan fingerprint density at radius 2 is 1.67 bits per heavy atom. The molecule has 0 aliphatic carbocycles. The molecule has 1 aromatic carbocycles. The van der Waals surface area contributed by atoms with Gasteiger partial charge in [0.1, 0.15) is 5.70 Å². The van der Waals surface area contributed by atoms with Crippen molar-refractivity contribution in [2.24, 2.45) is 0 Å². The van der Waals surface area contributed by atoms with Crippen LogP contribution in [0.2, 0.25) is 0 Å². The number of urea groups is 1. The highest BCUT2D eigenvalue weighted by Gasteiger charge is 2.40. The molecule has 0 atom stereocenters. The lowest BCUT2D eigenvalue weighted by Crippen LogP contribution is -2.35. The van der Waals surface area contributed by atoms with Crippen LogP contribution in [0.4, 0.5) is 10.5 Å². The van der Waals surface area contributed by atoms with E-state index in [0.717, 1.165) is 30.8 Å². The highest BCUT2D eigenvalue weighted by atomic mass is 32.2. The lowest BCUT2D eigenvalue weighted by molar-refractivity contribution is -0.123. The Morgan fingerprint density at radius 1 is 0.909 bits per heavy atom. The predicted molar refractivity (Wildman–Crippen MR) is 135 cm³/mol. The van der Waals surface area contributed by atoms with Crippen molar-refractivity contribution in [2.75, 3.05) is 38.3 Å². The number of methoxy groups -OCH3 is 1. The molecule has 3 amide bonds. The molecule has 1 aromatic rings. The second kappa shape index (κ2) is 12.3. The molecule has 2 aliphatic rings. The zero-order chi connectivity index (χ0) is 23.8. The molecule has 33 heavy (non-hydrogen) atoms. The first-order valence-corrected chi connectivity index (χ1v) is 12.9. The number of thioether (sulfide) groups is 1. The predicted octanol–water partition coefficient (Wildman–Crippen LogP) is 5.92. The second-order valence-corrected chi connectivity index (χ2v) is 9.64. The van der Waals surface area contributed by atoms with Crippen molar-refractivity contribution in [2.45, 2.75) is 64.2 Å². The van der Waals surface area contributed by atoms with E-state index in [1.54, 1.807) is 23.8 Å². The van der Waals surface area contributed by atoms with E-state index in [2.05, 4.69) is 43.9 Å². The van der Waals surface area contributed by atoms with Crippen LogP contribution in [-0.2, 0) is 9.53 Å². The van der Waals surface area contributed by atoms with Gasteiger partial charge in [-0.1, -0.05) is 57.4 Å². The molecule has 0 aromatic heterocycles. The van der Waals surface area contributed by atoms with Crippen LogP contribution >= 0.6 is 11.8 Å². The van der Waals surface area contributed by atoms with E-state index in [-0.39, 0.29) is 18.5 Å². The van der Waals surface area contributed by atoms with Crippen LogP contribution in [0, 0.1) is 6.92 Å². The molecule has 0 N–H and O–H groups in total. The van der Waals surface area contributed by atoms with E-state index in [1.165, 1.54) is 40.3 Å². The first-order valence-electron chi connectivity index (χ1n) is 12.1. The molecule has 1 saturated heterocycles. The number of carbonyl (C=O) groups excluding carboxylic acids is 2. The van der Waals surface area contributed by atoms with E-state index >= 15 is 0 Å². The van der Waals surface area contributed by atoms with Gasteiger partial charge in [0.15, 0.2) is 0 Å². The Kier molecular flexibility index (Phi) is 9.44. The normalized spacial score (nSPS) is 18.4. The van der Waals surface area contributed by atoms with E-state index in [1.807, 2.05) is 12.2 Å². The summed E-state index contributed by atoms with van der Waals surface area (Å²) in [6, 6.07) is 6.32. The highest BCUT2D eigenvalue weighted by molar-refractivity contribution is 8.03. The van der Waals surface area contributed by atoms with E-state index in [4.69, 9.17) is 4.74 Å². The van der Waals surface area contributed by atoms with Crippen LogP contribution < -0.4 is 4.90 Å². The summed E-state index contributed by atoms with van der Waals surface area (Å²) in [6.45, 7) is 8.52. The van der Waals surface area contributed by atoms with E-state index < -0.39 is 0 Å². The second-order valence-electron chi connectivity index (χ2n) is 8.58. The maximum Gasteiger partial charge on any atom is 0.331 e. The summed E-state index contributed by atoms with van der Waals surface area (Å²) in [7, 11) is 1.58. The van der Waals surface area contributed by atoms with Crippen LogP contribution in [0.5, 0.6) is 0 Å². The number of imide groups is 1. The van der Waals surface area contributed by atoms with Gasteiger partial charge in [-0.15, -0.1) is 0 Å². The van der Waals surface area contributed by atoms with Crippen molar-refractivity contribution in [3.05, 3.63) is 46.6 Å². The van der Waals surface area contributed by atoms with Crippen molar-refractivity contribution in [1.82, 2.24) is 9.80 Å². The fourth-order valence-electron chi connectivity index (χ4n) is 4.08. The lowest BCUT2D eigenvalue weighted by Gasteiger charge is -2.20. The van der Waals surface area contributed by atoms with E-state index in [9.17, 15) is 9.59 Å². The zero-order valence-electron chi connectivity index (χ0n) is 20.4. The van der Waals surface area contributed by atoms with Crippen LogP contribution in [0.1, 0.15) is 57.9 Å². The van der Waals surface area contributed by atoms with E-state index in [0.29, 0.717) is 18.8 Å². The fraction of sp³-hybridized carbons (Fsp3) is 0.538. The largest absolute Gasteiger partial charge is 0.383 e. The number of fused-ring (bicyclic) bond motifs is 1. The van der Waals surface area contributed by atoms with Gasteiger partial charge in [0.2, 0.25) is 0 Å². The van der Waals surface area contributed by atoms with Gasteiger partial charge < -0.3 is 9.64 Å². The topological polar surface area (TPSA) is 53.1 Å². The van der Waals surface area contributed by atoms with Crippen molar-refractivity contribution in [3.63, 3.8) is 0 Å². The molecule has 2 aliphatic heterocycles. The van der Waals surface area contributed by atoms with Crippen LogP contribution in [-0.4, -0.2) is 55.1 Å². The molecule has 0 radical (unpaired) electrons. The van der Waals surface area contributed by atoms with Crippen LogP contribution in [0.15, 0.2) is 46.0 Å². The number of anilines is 1. The van der Waals surface area contributed by atoms with Crippen molar-refractivity contribution in [3.8, 4) is 0 Å². The monoisotopic (exact) mass is 471 g/mol. The third-order valence-electron chi connectivity index (χ3n) is 5.98. The average Bonchev–Trinajstić information content (AvgIpc) is 3.25. The van der Waals surface area contributed by atoms with Gasteiger partial charge in [-0.25, -0.2) is 4.79 Å². The first-order chi connectivity index (χ1) is 16.0. The summed E-state index contributed by atoms with van der Waals surface area (Å²) >= 11 is 1.74. The molecule has 0 saturated carbocycles. The molecule has 2 heterocycles. The Hall–Kier alpha value is -2.25. The number of ether oxygens (including phenoxy) is 1. The minimum Gasteiger partial charge on any atom is -0.383 e. The van der Waals surface area contributed by atoms with Gasteiger partial charge >= 0.3 is 6.03 Å².